The Bertz CT molecular complexity index is 3430. The van der Waals surface area contributed by atoms with E-state index in [9.17, 15) is 0 Å². The molecule has 2 aromatic heterocycles. The zero-order chi connectivity index (χ0) is 35.3. The Morgan fingerprint density at radius 1 is 0.259 bits per heavy atom. The molecule has 0 aliphatic carbocycles. The molecule has 2 heteroatoms. The van der Waals surface area contributed by atoms with Gasteiger partial charge in [0.25, 0.3) is 0 Å². The van der Waals surface area contributed by atoms with E-state index in [1.165, 1.54) is 60.1 Å². The molecular formula is C52H30O2. The summed E-state index contributed by atoms with van der Waals surface area (Å²) in [5.74, 6) is 0. The lowest BCUT2D eigenvalue weighted by Gasteiger charge is -2.19. The zero-order valence-corrected chi connectivity index (χ0v) is 29.1. The van der Waals surface area contributed by atoms with Gasteiger partial charge >= 0.3 is 0 Å². The Kier molecular flexibility index (Phi) is 6.09. The largest absolute Gasteiger partial charge is 0.455 e. The molecule has 0 atom stereocenters. The highest BCUT2D eigenvalue weighted by atomic mass is 16.3. The Labute approximate surface area is 310 Å². The van der Waals surface area contributed by atoms with Crippen LogP contribution in [0, 0.1) is 0 Å². The van der Waals surface area contributed by atoms with Crippen molar-refractivity contribution in [3.63, 3.8) is 0 Å². The second-order valence-corrected chi connectivity index (χ2v) is 14.3. The first-order valence-electron chi connectivity index (χ1n) is 18.5. The van der Waals surface area contributed by atoms with Crippen LogP contribution in [0.5, 0.6) is 0 Å². The highest BCUT2D eigenvalue weighted by Gasteiger charge is 2.23. The van der Waals surface area contributed by atoms with Crippen molar-refractivity contribution in [3.05, 3.63) is 182 Å². The van der Waals surface area contributed by atoms with Gasteiger partial charge in [-0.1, -0.05) is 164 Å². The SMILES string of the molecule is c1ccc(-c2ccc(-c3c4ccccc4c(-c4ccc5c(c4)oc4c6ccccc6c6c7ccccc7oc6c54)c4ccccc34)c3ccccc23)cc1. The Morgan fingerprint density at radius 3 is 1.46 bits per heavy atom. The first-order chi connectivity index (χ1) is 26.8. The van der Waals surface area contributed by atoms with Crippen LogP contribution in [-0.2, 0) is 0 Å². The van der Waals surface area contributed by atoms with Gasteiger partial charge in [-0.05, 0) is 89.3 Å². The lowest BCUT2D eigenvalue weighted by Crippen LogP contribution is -1.92. The molecule has 2 nitrogen and oxygen atoms in total. The normalized spacial score (nSPS) is 12.1. The number of fused-ring (bicyclic) bond motifs is 13. The van der Waals surface area contributed by atoms with Crippen LogP contribution in [0.4, 0.5) is 0 Å². The molecule has 0 spiro atoms. The molecule has 2 heterocycles. The maximum atomic E-state index is 6.89. The number of hydrogen-bond acceptors (Lipinski definition) is 2. The second kappa shape index (κ2) is 11.2. The monoisotopic (exact) mass is 686 g/mol. The zero-order valence-electron chi connectivity index (χ0n) is 29.1. The highest BCUT2D eigenvalue weighted by Crippen LogP contribution is 2.49. The van der Waals surface area contributed by atoms with E-state index in [0.29, 0.717) is 0 Å². The lowest BCUT2D eigenvalue weighted by molar-refractivity contribution is 0.665. The number of rotatable bonds is 3. The van der Waals surface area contributed by atoms with Gasteiger partial charge in [0.2, 0.25) is 0 Å². The highest BCUT2D eigenvalue weighted by molar-refractivity contribution is 6.34. The maximum Gasteiger partial charge on any atom is 0.147 e. The number of para-hydroxylation sites is 1. The fourth-order valence-corrected chi connectivity index (χ4v) is 9.17. The van der Waals surface area contributed by atoms with Gasteiger partial charge in [-0.15, -0.1) is 0 Å². The molecule has 0 saturated heterocycles. The number of furan rings is 2. The van der Waals surface area contributed by atoms with Crippen molar-refractivity contribution in [2.24, 2.45) is 0 Å². The van der Waals surface area contributed by atoms with Gasteiger partial charge in [0.05, 0.1) is 5.39 Å². The van der Waals surface area contributed by atoms with Crippen molar-refractivity contribution in [1.82, 2.24) is 0 Å². The number of hydrogen-bond donors (Lipinski definition) is 0. The van der Waals surface area contributed by atoms with Crippen molar-refractivity contribution >= 4 is 87.0 Å². The molecule has 0 aliphatic rings. The summed E-state index contributed by atoms with van der Waals surface area (Å²) in [6, 6.07) is 65.5. The fourth-order valence-electron chi connectivity index (χ4n) is 9.17. The topological polar surface area (TPSA) is 26.3 Å². The van der Waals surface area contributed by atoms with Gasteiger partial charge in [-0.25, -0.2) is 0 Å². The molecular weight excluding hydrogens is 657 g/mol. The first kappa shape index (κ1) is 29.4. The molecule has 54 heavy (non-hydrogen) atoms. The predicted molar refractivity (Wildman–Crippen MR) is 227 cm³/mol. The summed E-state index contributed by atoms with van der Waals surface area (Å²) < 4.78 is 13.5. The Morgan fingerprint density at radius 2 is 0.759 bits per heavy atom. The van der Waals surface area contributed by atoms with E-state index < -0.39 is 0 Å². The molecule has 10 aromatic carbocycles. The molecule has 12 aromatic rings. The molecule has 0 radical (unpaired) electrons. The summed E-state index contributed by atoms with van der Waals surface area (Å²) in [7, 11) is 0. The van der Waals surface area contributed by atoms with E-state index >= 15 is 0 Å². The van der Waals surface area contributed by atoms with Crippen LogP contribution in [0.3, 0.4) is 0 Å². The molecule has 0 amide bonds. The van der Waals surface area contributed by atoms with Crippen LogP contribution in [0.25, 0.3) is 120 Å². The minimum atomic E-state index is 0.848. The smallest absolute Gasteiger partial charge is 0.147 e. The van der Waals surface area contributed by atoms with Gasteiger partial charge in [-0.3, -0.25) is 0 Å². The van der Waals surface area contributed by atoms with E-state index in [4.69, 9.17) is 8.83 Å². The van der Waals surface area contributed by atoms with Gasteiger partial charge in [-0.2, -0.15) is 0 Å². The Balaban J connectivity index is 1.14. The van der Waals surface area contributed by atoms with Crippen LogP contribution < -0.4 is 0 Å². The third-order valence-electron chi connectivity index (χ3n) is 11.5. The van der Waals surface area contributed by atoms with Crippen LogP contribution in [0.15, 0.2) is 191 Å². The quantitative estimate of drug-likeness (QED) is 0.173. The average molecular weight is 687 g/mol. The summed E-state index contributed by atoms with van der Waals surface area (Å²) in [4.78, 5) is 0. The van der Waals surface area contributed by atoms with E-state index in [1.54, 1.807) is 0 Å². The van der Waals surface area contributed by atoms with Crippen molar-refractivity contribution in [2.45, 2.75) is 0 Å². The molecule has 0 unspecified atom stereocenters. The summed E-state index contributed by atoms with van der Waals surface area (Å²) in [6.07, 6.45) is 0. The minimum absolute atomic E-state index is 0.848. The molecule has 0 fully saturated rings. The van der Waals surface area contributed by atoms with Crippen molar-refractivity contribution < 1.29 is 8.83 Å². The van der Waals surface area contributed by atoms with Gasteiger partial charge in [0.15, 0.2) is 0 Å². The minimum Gasteiger partial charge on any atom is -0.455 e. The number of benzene rings is 10. The van der Waals surface area contributed by atoms with Crippen LogP contribution in [-0.4, -0.2) is 0 Å². The van der Waals surface area contributed by atoms with Gasteiger partial charge < -0.3 is 8.83 Å². The molecule has 0 bridgehead atoms. The lowest BCUT2D eigenvalue weighted by atomic mass is 9.83. The van der Waals surface area contributed by atoms with Gasteiger partial charge in [0, 0.05) is 21.5 Å². The van der Waals surface area contributed by atoms with E-state index in [1.807, 2.05) is 6.07 Å². The van der Waals surface area contributed by atoms with Crippen LogP contribution in [0.1, 0.15) is 0 Å². The van der Waals surface area contributed by atoms with Crippen molar-refractivity contribution in [3.8, 4) is 33.4 Å². The maximum absolute atomic E-state index is 6.89. The van der Waals surface area contributed by atoms with Gasteiger partial charge in [0.1, 0.15) is 22.3 Å². The van der Waals surface area contributed by atoms with Crippen LogP contribution >= 0.6 is 0 Å². The molecule has 12 rings (SSSR count). The van der Waals surface area contributed by atoms with E-state index in [-0.39, 0.29) is 0 Å². The standard InChI is InChI=1S/C52H30O2/c1-2-14-31(15-3-1)33-28-29-41(35-17-5-4-16-34(33)35)48-38-20-8-6-18-36(38)47(37-19-7-9-21-39(37)48)32-26-27-44-46(30-32)54-51-42-23-11-10-22-40(42)49-43-24-12-13-25-45(43)53-52(49)50(44)51/h1-30H. The third kappa shape index (κ3) is 4.05. The van der Waals surface area contributed by atoms with Crippen molar-refractivity contribution in [2.75, 3.05) is 0 Å². The summed E-state index contributed by atoms with van der Waals surface area (Å²) in [5.41, 5.74) is 10.8. The average Bonchev–Trinajstić information content (AvgIpc) is 3.82. The molecule has 0 aliphatic heterocycles. The van der Waals surface area contributed by atoms with Crippen molar-refractivity contribution in [1.29, 1.82) is 0 Å². The third-order valence-corrected chi connectivity index (χ3v) is 11.5. The molecule has 0 N–H and O–H groups in total. The summed E-state index contributed by atoms with van der Waals surface area (Å²) in [6.45, 7) is 0. The van der Waals surface area contributed by atoms with E-state index in [2.05, 4.69) is 176 Å². The second-order valence-electron chi connectivity index (χ2n) is 14.3. The summed E-state index contributed by atoms with van der Waals surface area (Å²) in [5, 5.41) is 13.9. The first-order valence-corrected chi connectivity index (χ1v) is 18.5. The fraction of sp³-hybridized carbons (Fsp3) is 0. The van der Waals surface area contributed by atoms with Crippen LogP contribution in [0.2, 0.25) is 0 Å². The van der Waals surface area contributed by atoms with E-state index in [0.717, 1.165) is 60.2 Å². The molecule has 0 saturated carbocycles. The predicted octanol–water partition coefficient (Wildman–Crippen LogP) is 15.1. The Hall–Kier alpha value is -7.16. The molecule has 250 valence electrons. The summed E-state index contributed by atoms with van der Waals surface area (Å²) >= 11 is 0.